The number of amides is 1. The summed E-state index contributed by atoms with van der Waals surface area (Å²) < 4.78 is 32.5. The van der Waals surface area contributed by atoms with Crippen molar-refractivity contribution in [3.63, 3.8) is 0 Å². The van der Waals surface area contributed by atoms with Gasteiger partial charge in [-0.2, -0.15) is 0 Å². The van der Waals surface area contributed by atoms with Crippen LogP contribution in [0.25, 0.3) is 0 Å². The van der Waals surface area contributed by atoms with Crippen LogP contribution < -0.4 is 14.8 Å². The van der Waals surface area contributed by atoms with Gasteiger partial charge in [-0.05, 0) is 54.6 Å². The summed E-state index contributed by atoms with van der Waals surface area (Å²) >= 11 is 0. The second-order valence-corrected chi connectivity index (χ2v) is 7.77. The number of nitro benzene ring substituents is 1. The van der Waals surface area contributed by atoms with Gasteiger partial charge in [0.15, 0.2) is 0 Å². The average molecular weight is 427 g/mol. The molecule has 0 aromatic heterocycles. The molecule has 0 aliphatic rings. The van der Waals surface area contributed by atoms with E-state index in [4.69, 9.17) is 4.74 Å². The van der Waals surface area contributed by atoms with Gasteiger partial charge in [0.25, 0.3) is 21.6 Å². The number of nitrogens with one attached hydrogen (secondary N) is 2. The molecule has 0 radical (unpaired) electrons. The molecule has 10 heteroatoms. The number of sulfonamides is 1. The van der Waals surface area contributed by atoms with Gasteiger partial charge in [0.2, 0.25) is 0 Å². The summed E-state index contributed by atoms with van der Waals surface area (Å²) in [4.78, 5) is 22.8. The Labute approximate surface area is 172 Å². The van der Waals surface area contributed by atoms with Crippen LogP contribution in [0.2, 0.25) is 0 Å². The van der Waals surface area contributed by atoms with Gasteiger partial charge < -0.3 is 10.1 Å². The van der Waals surface area contributed by atoms with Crippen LogP contribution in [0.4, 0.5) is 17.1 Å². The molecular formula is C20H17N3O6S. The Morgan fingerprint density at radius 2 is 1.53 bits per heavy atom. The zero-order valence-electron chi connectivity index (χ0n) is 15.7. The summed E-state index contributed by atoms with van der Waals surface area (Å²) in [6.45, 7) is 0. The van der Waals surface area contributed by atoms with Crippen molar-refractivity contribution in [2.45, 2.75) is 4.90 Å². The Bertz CT molecular complexity index is 1180. The predicted molar refractivity (Wildman–Crippen MR) is 111 cm³/mol. The minimum absolute atomic E-state index is 0.0120. The molecule has 0 spiro atoms. The van der Waals surface area contributed by atoms with E-state index in [0.29, 0.717) is 17.1 Å². The fraction of sp³-hybridized carbons (Fsp3) is 0.0500. The first kappa shape index (κ1) is 20.8. The van der Waals surface area contributed by atoms with E-state index in [-0.39, 0.29) is 16.1 Å². The number of rotatable bonds is 7. The van der Waals surface area contributed by atoms with Crippen molar-refractivity contribution in [1.29, 1.82) is 0 Å². The van der Waals surface area contributed by atoms with E-state index in [9.17, 15) is 23.3 Å². The summed E-state index contributed by atoms with van der Waals surface area (Å²) in [6, 6.07) is 17.4. The second kappa shape index (κ2) is 8.62. The van der Waals surface area contributed by atoms with Gasteiger partial charge in [0, 0.05) is 17.4 Å². The predicted octanol–water partition coefficient (Wildman–Crippen LogP) is 3.66. The van der Waals surface area contributed by atoms with Crippen molar-refractivity contribution in [1.82, 2.24) is 0 Å². The number of nitrogens with zero attached hydrogens (tertiary/aromatic N) is 1. The van der Waals surface area contributed by atoms with Gasteiger partial charge in [-0.25, -0.2) is 8.42 Å². The number of ether oxygens (including phenoxy) is 1. The van der Waals surface area contributed by atoms with Crippen LogP contribution in [0.15, 0.2) is 77.7 Å². The molecule has 0 fully saturated rings. The number of nitro groups is 1. The van der Waals surface area contributed by atoms with Crippen LogP contribution in [0, 0.1) is 10.1 Å². The second-order valence-electron chi connectivity index (χ2n) is 6.09. The molecule has 0 aliphatic heterocycles. The summed E-state index contributed by atoms with van der Waals surface area (Å²) in [5.41, 5.74) is 0.240. The SMILES string of the molecule is COc1ccc(NS(=O)(=O)c2ccc(NC(=O)c3ccccc3[N+](=O)[O-])cc2)cc1. The summed E-state index contributed by atoms with van der Waals surface area (Å²) in [6.07, 6.45) is 0. The molecule has 0 saturated heterocycles. The minimum Gasteiger partial charge on any atom is -0.497 e. The third kappa shape index (κ3) is 4.73. The van der Waals surface area contributed by atoms with Gasteiger partial charge in [-0.15, -0.1) is 0 Å². The zero-order chi connectivity index (χ0) is 21.7. The lowest BCUT2D eigenvalue weighted by atomic mass is 10.1. The van der Waals surface area contributed by atoms with Crippen LogP contribution in [0.5, 0.6) is 5.75 Å². The number of carbonyl (C=O) groups is 1. The molecular weight excluding hydrogens is 410 g/mol. The minimum atomic E-state index is -3.84. The smallest absolute Gasteiger partial charge is 0.282 e. The summed E-state index contributed by atoms with van der Waals surface area (Å²) in [5, 5.41) is 13.6. The maximum atomic E-state index is 12.5. The van der Waals surface area contributed by atoms with E-state index < -0.39 is 20.9 Å². The molecule has 2 N–H and O–H groups in total. The maximum absolute atomic E-state index is 12.5. The quantitative estimate of drug-likeness (QED) is 0.437. The molecule has 0 aliphatic carbocycles. The van der Waals surface area contributed by atoms with Gasteiger partial charge in [-0.3, -0.25) is 19.6 Å². The van der Waals surface area contributed by atoms with E-state index in [1.165, 1.54) is 55.6 Å². The molecule has 0 heterocycles. The molecule has 30 heavy (non-hydrogen) atoms. The molecule has 3 rings (SSSR count). The lowest BCUT2D eigenvalue weighted by Crippen LogP contribution is -2.15. The van der Waals surface area contributed by atoms with E-state index in [1.807, 2.05) is 0 Å². The first-order valence-electron chi connectivity index (χ1n) is 8.62. The molecule has 0 unspecified atom stereocenters. The first-order valence-corrected chi connectivity index (χ1v) is 10.1. The standard InChI is InChI=1S/C20H17N3O6S/c1-29-16-10-6-15(7-11-16)22-30(27,28)17-12-8-14(9-13-17)21-20(24)18-4-2-3-5-19(18)23(25)26/h2-13,22H,1H3,(H,21,24). The molecule has 1 amide bonds. The Balaban J connectivity index is 1.74. The third-order valence-electron chi connectivity index (χ3n) is 4.11. The largest absolute Gasteiger partial charge is 0.497 e. The van der Waals surface area contributed by atoms with Gasteiger partial charge in [0.1, 0.15) is 11.3 Å². The van der Waals surface area contributed by atoms with Crippen LogP contribution in [-0.4, -0.2) is 26.4 Å². The monoisotopic (exact) mass is 427 g/mol. The van der Waals surface area contributed by atoms with Crippen LogP contribution in [0.1, 0.15) is 10.4 Å². The van der Waals surface area contributed by atoms with E-state index in [2.05, 4.69) is 10.0 Å². The highest BCUT2D eigenvalue weighted by molar-refractivity contribution is 7.92. The Kier molecular flexibility index (Phi) is 5.98. The lowest BCUT2D eigenvalue weighted by Gasteiger charge is -2.10. The molecule has 9 nitrogen and oxygen atoms in total. The van der Waals surface area contributed by atoms with Gasteiger partial charge in [-0.1, -0.05) is 12.1 Å². The van der Waals surface area contributed by atoms with E-state index >= 15 is 0 Å². The van der Waals surface area contributed by atoms with E-state index in [0.717, 1.165) is 0 Å². The molecule has 0 atom stereocenters. The van der Waals surface area contributed by atoms with Crippen molar-refractivity contribution >= 4 is 33.0 Å². The number of carbonyl (C=O) groups excluding carboxylic acids is 1. The molecule has 154 valence electrons. The topological polar surface area (TPSA) is 128 Å². The number of hydrogen-bond acceptors (Lipinski definition) is 6. The normalized spacial score (nSPS) is 10.8. The summed E-state index contributed by atoms with van der Waals surface area (Å²) in [5.74, 6) is -0.0778. The highest BCUT2D eigenvalue weighted by Crippen LogP contribution is 2.22. The fourth-order valence-corrected chi connectivity index (χ4v) is 3.67. The van der Waals surface area contributed by atoms with E-state index in [1.54, 1.807) is 24.3 Å². The van der Waals surface area contributed by atoms with Crippen molar-refractivity contribution in [2.24, 2.45) is 0 Å². The third-order valence-corrected chi connectivity index (χ3v) is 5.51. The zero-order valence-corrected chi connectivity index (χ0v) is 16.5. The van der Waals surface area contributed by atoms with Crippen LogP contribution >= 0.6 is 0 Å². The molecule has 0 saturated carbocycles. The first-order chi connectivity index (χ1) is 14.3. The molecule has 3 aromatic carbocycles. The summed E-state index contributed by atoms with van der Waals surface area (Å²) in [7, 11) is -2.33. The highest BCUT2D eigenvalue weighted by Gasteiger charge is 2.20. The number of benzene rings is 3. The van der Waals surface area contributed by atoms with Gasteiger partial charge in [0.05, 0.1) is 16.9 Å². The van der Waals surface area contributed by atoms with Crippen LogP contribution in [0.3, 0.4) is 0 Å². The number of hydrogen-bond donors (Lipinski definition) is 2. The number of methoxy groups -OCH3 is 1. The average Bonchev–Trinajstić information content (AvgIpc) is 2.74. The number of anilines is 2. The van der Waals surface area contributed by atoms with Crippen molar-refractivity contribution in [3.05, 3.63) is 88.5 Å². The maximum Gasteiger partial charge on any atom is 0.282 e. The molecule has 3 aromatic rings. The van der Waals surface area contributed by atoms with Crippen molar-refractivity contribution in [2.75, 3.05) is 17.1 Å². The van der Waals surface area contributed by atoms with Gasteiger partial charge >= 0.3 is 0 Å². The fourth-order valence-electron chi connectivity index (χ4n) is 2.61. The highest BCUT2D eigenvalue weighted by atomic mass is 32.2. The molecule has 0 bridgehead atoms. The Morgan fingerprint density at radius 1 is 0.933 bits per heavy atom. The van der Waals surface area contributed by atoms with Crippen molar-refractivity contribution < 1.29 is 22.9 Å². The van der Waals surface area contributed by atoms with Crippen LogP contribution in [-0.2, 0) is 10.0 Å². The Morgan fingerprint density at radius 3 is 2.13 bits per heavy atom. The lowest BCUT2D eigenvalue weighted by molar-refractivity contribution is -0.385. The number of para-hydroxylation sites is 1. The van der Waals surface area contributed by atoms with Crippen molar-refractivity contribution in [3.8, 4) is 5.75 Å². The Hall–Kier alpha value is -3.92.